The highest BCUT2D eigenvalue weighted by Crippen LogP contribution is 2.28. The Bertz CT molecular complexity index is 306. The number of halogens is 1. The molecule has 0 radical (unpaired) electrons. The lowest BCUT2D eigenvalue weighted by molar-refractivity contribution is 0.0516. The molecular weight excluding hydrogens is 256 g/mol. The molecular formula is C16H31ClN2. The van der Waals surface area contributed by atoms with E-state index in [2.05, 4.69) is 51.8 Å². The molecule has 112 valence electrons. The van der Waals surface area contributed by atoms with Gasteiger partial charge in [0.1, 0.15) is 0 Å². The molecule has 1 fully saturated rings. The van der Waals surface area contributed by atoms with E-state index in [-0.39, 0.29) is 0 Å². The second-order valence-electron chi connectivity index (χ2n) is 7.17. The first-order chi connectivity index (χ1) is 8.79. The molecule has 0 spiro atoms. The van der Waals surface area contributed by atoms with Crippen LogP contribution in [0.1, 0.15) is 48.0 Å². The van der Waals surface area contributed by atoms with Crippen LogP contribution in [0, 0.1) is 11.3 Å². The van der Waals surface area contributed by atoms with Gasteiger partial charge >= 0.3 is 0 Å². The van der Waals surface area contributed by atoms with E-state index in [4.69, 9.17) is 11.6 Å². The molecule has 0 amide bonds. The van der Waals surface area contributed by atoms with Gasteiger partial charge in [-0.25, -0.2) is 0 Å². The van der Waals surface area contributed by atoms with Crippen LogP contribution in [-0.2, 0) is 0 Å². The second-order valence-corrected chi connectivity index (χ2v) is 7.39. The first kappa shape index (κ1) is 17.0. The van der Waals surface area contributed by atoms with Gasteiger partial charge in [0.25, 0.3) is 0 Å². The zero-order valence-electron chi connectivity index (χ0n) is 13.5. The normalized spacial score (nSPS) is 28.5. The molecule has 1 saturated heterocycles. The summed E-state index contributed by atoms with van der Waals surface area (Å²) >= 11 is 5.86. The molecule has 3 unspecified atom stereocenters. The molecule has 2 nitrogen and oxygen atoms in total. The Balaban J connectivity index is 2.80. The summed E-state index contributed by atoms with van der Waals surface area (Å²) in [5.41, 5.74) is 3.26. The highest BCUT2D eigenvalue weighted by atomic mass is 35.5. The predicted molar refractivity (Wildman–Crippen MR) is 85.7 cm³/mol. The summed E-state index contributed by atoms with van der Waals surface area (Å²) in [7, 11) is 0. The van der Waals surface area contributed by atoms with E-state index in [0.717, 1.165) is 25.6 Å². The summed E-state index contributed by atoms with van der Waals surface area (Å²) in [4.78, 5) is 2.61. The van der Waals surface area contributed by atoms with E-state index in [1.807, 2.05) is 0 Å². The van der Waals surface area contributed by atoms with Crippen molar-refractivity contribution in [3.05, 3.63) is 11.1 Å². The van der Waals surface area contributed by atoms with E-state index in [1.54, 1.807) is 5.54 Å². The summed E-state index contributed by atoms with van der Waals surface area (Å²) in [6, 6.07) is 1.17. The van der Waals surface area contributed by atoms with E-state index >= 15 is 0 Å². The van der Waals surface area contributed by atoms with Crippen molar-refractivity contribution in [2.75, 3.05) is 19.6 Å². The lowest BCUT2D eigenvalue weighted by atomic mass is 9.82. The van der Waals surface area contributed by atoms with Crippen molar-refractivity contribution in [1.82, 2.24) is 10.2 Å². The Morgan fingerprint density at radius 2 is 2.11 bits per heavy atom. The Hall–Kier alpha value is -0.0500. The lowest BCUT2D eigenvalue weighted by Crippen LogP contribution is -2.62. The fraction of sp³-hybridized carbons (Fsp3) is 0.875. The number of hydrogen-bond donors (Lipinski definition) is 1. The maximum absolute atomic E-state index is 5.86. The Kier molecular flexibility index (Phi) is 6.35. The number of hydrogen-bond acceptors (Lipinski definition) is 2. The Morgan fingerprint density at radius 3 is 2.58 bits per heavy atom. The maximum atomic E-state index is 5.86. The summed E-state index contributed by atoms with van der Waals surface area (Å²) in [6.07, 6.45) is 1.23. The molecule has 1 rings (SSSR count). The van der Waals surface area contributed by atoms with Gasteiger partial charge in [-0.2, -0.15) is 0 Å². The molecule has 0 aromatic carbocycles. The molecule has 1 heterocycles. The first-order valence-electron chi connectivity index (χ1n) is 7.52. The molecule has 3 atom stereocenters. The summed E-state index contributed by atoms with van der Waals surface area (Å²) in [5.74, 6) is 0.726. The average molecular weight is 287 g/mol. The van der Waals surface area contributed by atoms with Crippen LogP contribution in [0.5, 0.6) is 0 Å². The number of piperazine rings is 1. The number of rotatable bonds is 4. The minimum absolute atomic E-state index is 0.292. The Morgan fingerprint density at radius 1 is 1.47 bits per heavy atom. The fourth-order valence-electron chi connectivity index (χ4n) is 2.89. The SMILES string of the molecule is CCC(C)C1CN(CC(C)=CCl)C(C(C)(C)C)CN1. The minimum Gasteiger partial charge on any atom is -0.311 e. The topological polar surface area (TPSA) is 15.3 Å². The van der Waals surface area contributed by atoms with Gasteiger partial charge in [0.05, 0.1) is 0 Å². The fourth-order valence-corrected chi connectivity index (χ4v) is 2.95. The van der Waals surface area contributed by atoms with Crippen molar-refractivity contribution in [2.45, 2.75) is 60.0 Å². The smallest absolute Gasteiger partial charge is 0.0273 e. The van der Waals surface area contributed by atoms with Gasteiger partial charge in [-0.15, -0.1) is 0 Å². The largest absolute Gasteiger partial charge is 0.311 e. The van der Waals surface area contributed by atoms with Gasteiger partial charge in [0.2, 0.25) is 0 Å². The number of nitrogens with zero attached hydrogens (tertiary/aromatic N) is 1. The average Bonchev–Trinajstić information content (AvgIpc) is 2.36. The zero-order chi connectivity index (χ0) is 14.6. The molecule has 1 aliphatic rings. The lowest BCUT2D eigenvalue weighted by Gasteiger charge is -2.47. The van der Waals surface area contributed by atoms with Crippen LogP contribution < -0.4 is 5.32 Å². The van der Waals surface area contributed by atoms with E-state index in [0.29, 0.717) is 17.5 Å². The predicted octanol–water partition coefficient (Wildman–Crippen LogP) is 3.86. The third kappa shape index (κ3) is 4.77. The monoisotopic (exact) mass is 286 g/mol. The van der Waals surface area contributed by atoms with Crippen molar-refractivity contribution < 1.29 is 0 Å². The zero-order valence-corrected chi connectivity index (χ0v) is 14.2. The van der Waals surface area contributed by atoms with E-state index in [9.17, 15) is 0 Å². The molecule has 3 heteroatoms. The van der Waals surface area contributed by atoms with Gasteiger partial charge in [-0.1, -0.05) is 52.6 Å². The molecule has 1 aliphatic heterocycles. The summed E-state index contributed by atoms with van der Waals surface area (Å²) < 4.78 is 0. The highest BCUT2D eigenvalue weighted by Gasteiger charge is 2.36. The third-order valence-corrected chi connectivity index (χ3v) is 4.79. The third-order valence-electron chi connectivity index (χ3n) is 4.41. The summed E-state index contributed by atoms with van der Waals surface area (Å²) in [6.45, 7) is 16.9. The molecule has 0 aliphatic carbocycles. The van der Waals surface area contributed by atoms with Gasteiger partial charge in [0, 0.05) is 37.3 Å². The Labute approximate surface area is 124 Å². The summed E-state index contributed by atoms with van der Waals surface area (Å²) in [5, 5.41) is 3.75. The quantitative estimate of drug-likeness (QED) is 0.844. The van der Waals surface area contributed by atoms with Crippen molar-refractivity contribution >= 4 is 11.6 Å². The standard InChI is InChI=1S/C16H31ClN2/c1-7-13(3)14-11-19(10-12(2)8-17)15(9-18-14)16(4,5)6/h8,13-15,18H,7,9-11H2,1-6H3. The molecule has 0 saturated carbocycles. The molecule has 1 N–H and O–H groups in total. The van der Waals surface area contributed by atoms with Crippen LogP contribution in [-0.4, -0.2) is 36.6 Å². The van der Waals surface area contributed by atoms with Crippen LogP contribution >= 0.6 is 11.6 Å². The molecule has 0 aromatic heterocycles. The number of nitrogens with one attached hydrogen (secondary N) is 1. The van der Waals surface area contributed by atoms with Crippen molar-refractivity contribution in [1.29, 1.82) is 0 Å². The van der Waals surface area contributed by atoms with Gasteiger partial charge in [-0.3, -0.25) is 4.90 Å². The van der Waals surface area contributed by atoms with E-state index < -0.39 is 0 Å². The van der Waals surface area contributed by atoms with Crippen LogP contribution in [0.15, 0.2) is 11.1 Å². The van der Waals surface area contributed by atoms with E-state index in [1.165, 1.54) is 12.0 Å². The molecule has 0 bridgehead atoms. The second kappa shape index (κ2) is 7.10. The van der Waals surface area contributed by atoms with Crippen molar-refractivity contribution in [3.8, 4) is 0 Å². The molecule has 0 aromatic rings. The minimum atomic E-state index is 0.292. The van der Waals surface area contributed by atoms with Gasteiger partial charge in [0.15, 0.2) is 0 Å². The maximum Gasteiger partial charge on any atom is 0.0273 e. The van der Waals surface area contributed by atoms with Gasteiger partial charge < -0.3 is 5.32 Å². The van der Waals surface area contributed by atoms with Gasteiger partial charge in [-0.05, 0) is 23.8 Å². The van der Waals surface area contributed by atoms with Crippen molar-refractivity contribution in [2.24, 2.45) is 11.3 Å². The van der Waals surface area contributed by atoms with Crippen LogP contribution in [0.4, 0.5) is 0 Å². The van der Waals surface area contributed by atoms with Crippen LogP contribution in [0.25, 0.3) is 0 Å². The first-order valence-corrected chi connectivity index (χ1v) is 7.96. The van der Waals surface area contributed by atoms with Crippen molar-refractivity contribution in [3.63, 3.8) is 0 Å². The van der Waals surface area contributed by atoms with Crippen LogP contribution in [0.2, 0.25) is 0 Å². The molecule has 19 heavy (non-hydrogen) atoms. The highest BCUT2D eigenvalue weighted by molar-refractivity contribution is 6.25. The van der Waals surface area contributed by atoms with Crippen LogP contribution in [0.3, 0.4) is 0 Å².